The van der Waals surface area contributed by atoms with E-state index < -0.39 is 29.9 Å². The van der Waals surface area contributed by atoms with Crippen LogP contribution in [0, 0.1) is 5.82 Å². The summed E-state index contributed by atoms with van der Waals surface area (Å²) >= 11 is 0. The highest BCUT2D eigenvalue weighted by Gasteiger charge is 2.33. The van der Waals surface area contributed by atoms with Crippen LogP contribution in [0.2, 0.25) is 0 Å². The Bertz CT molecular complexity index is 1470. The molecule has 2 aliphatic rings. The second-order valence-corrected chi connectivity index (χ2v) is 11.0. The molecule has 224 valence electrons. The van der Waals surface area contributed by atoms with Crippen molar-refractivity contribution in [2.24, 2.45) is 0 Å². The number of nitrogens with one attached hydrogen (secondary N) is 3. The van der Waals surface area contributed by atoms with E-state index in [4.69, 9.17) is 9.47 Å². The molecule has 0 spiro atoms. The number of carbonyl (C=O) groups excluding carboxylic acids is 2. The first-order valence-corrected chi connectivity index (χ1v) is 13.6. The standard InChI is InChI=1S/C29H32F3N5O5/c1-29(2,3)42-28(39)37-13-5-6-16(37)15-40-21-14-33-11-9-17(21)23-24(22-19(35-23)10-12-34-26(22)38)36-20-8-4-7-18(30)25(20)41-27(31)32/h4,7-9,11,14,16,27,35-36H,5-6,10,12-13,15H2,1-3H3,(H,34,38)/t16-/m0/s1. The SMILES string of the molecule is CC(C)(C)OC(=O)N1CCC[C@H]1COc1cnccc1-c1[nH]c2c(c1Nc1cccc(F)c1OC(F)F)C(=O)NCC2. The van der Waals surface area contributed by atoms with Gasteiger partial charge in [0, 0.05) is 37.0 Å². The van der Waals surface area contributed by atoms with Crippen LogP contribution in [0.4, 0.5) is 29.3 Å². The van der Waals surface area contributed by atoms with Crippen LogP contribution in [-0.4, -0.2) is 64.8 Å². The largest absolute Gasteiger partial charge is 0.489 e. The lowest BCUT2D eigenvalue weighted by atomic mass is 10.0. The van der Waals surface area contributed by atoms with Crippen LogP contribution in [0.3, 0.4) is 0 Å². The van der Waals surface area contributed by atoms with Crippen molar-refractivity contribution in [3.8, 4) is 22.8 Å². The monoisotopic (exact) mass is 587 g/mol. The van der Waals surface area contributed by atoms with Crippen molar-refractivity contribution in [3.63, 3.8) is 0 Å². The van der Waals surface area contributed by atoms with Crippen molar-refractivity contribution in [1.29, 1.82) is 0 Å². The number of hydrogen-bond acceptors (Lipinski definition) is 7. The highest BCUT2D eigenvalue weighted by molar-refractivity contribution is 6.06. The van der Waals surface area contributed by atoms with E-state index in [1.165, 1.54) is 18.3 Å². The first-order chi connectivity index (χ1) is 20.0. The Kier molecular flexibility index (Phi) is 8.19. The van der Waals surface area contributed by atoms with E-state index >= 15 is 0 Å². The van der Waals surface area contributed by atoms with E-state index in [1.54, 1.807) is 17.2 Å². The van der Waals surface area contributed by atoms with Crippen LogP contribution < -0.4 is 20.1 Å². The highest BCUT2D eigenvalue weighted by atomic mass is 19.3. The van der Waals surface area contributed by atoms with Crippen LogP contribution in [-0.2, 0) is 11.2 Å². The minimum atomic E-state index is -3.26. The van der Waals surface area contributed by atoms with E-state index in [-0.39, 0.29) is 35.5 Å². The Morgan fingerprint density at radius 2 is 2.07 bits per heavy atom. The van der Waals surface area contributed by atoms with E-state index in [9.17, 15) is 22.8 Å². The summed E-state index contributed by atoms with van der Waals surface area (Å²) in [5.74, 6) is -1.70. The number of ether oxygens (including phenoxy) is 3. The predicted molar refractivity (Wildman–Crippen MR) is 148 cm³/mol. The van der Waals surface area contributed by atoms with E-state index in [0.29, 0.717) is 42.2 Å². The molecule has 2 aliphatic heterocycles. The van der Waals surface area contributed by atoms with Gasteiger partial charge in [-0.1, -0.05) is 6.07 Å². The Hall–Kier alpha value is -4.42. The molecule has 10 nitrogen and oxygen atoms in total. The quantitative estimate of drug-likeness (QED) is 0.313. The molecule has 4 heterocycles. The maximum atomic E-state index is 14.5. The van der Waals surface area contributed by atoms with Gasteiger partial charge in [-0.3, -0.25) is 9.78 Å². The Morgan fingerprint density at radius 3 is 2.83 bits per heavy atom. The zero-order chi connectivity index (χ0) is 30.0. The molecular formula is C29H32F3N5O5. The van der Waals surface area contributed by atoms with E-state index in [0.717, 1.165) is 18.9 Å². The lowest BCUT2D eigenvalue weighted by Gasteiger charge is -2.28. The highest BCUT2D eigenvalue weighted by Crippen LogP contribution is 2.42. The molecule has 0 saturated carbocycles. The normalized spacial score (nSPS) is 16.7. The molecule has 42 heavy (non-hydrogen) atoms. The van der Waals surface area contributed by atoms with Crippen molar-refractivity contribution in [2.75, 3.05) is 25.0 Å². The number of amides is 2. The third-order valence-corrected chi connectivity index (χ3v) is 6.89. The molecule has 1 saturated heterocycles. The molecule has 3 aromatic rings. The number of carbonyl (C=O) groups is 2. The third-order valence-electron chi connectivity index (χ3n) is 6.89. The summed E-state index contributed by atoms with van der Waals surface area (Å²) in [6.07, 6.45) is 4.66. The number of H-pyrrole nitrogens is 1. The average Bonchev–Trinajstić information content (AvgIpc) is 3.54. The van der Waals surface area contributed by atoms with Crippen LogP contribution in [0.15, 0.2) is 36.7 Å². The minimum absolute atomic E-state index is 0.0905. The number of rotatable bonds is 8. The van der Waals surface area contributed by atoms with Gasteiger partial charge in [0.2, 0.25) is 0 Å². The first-order valence-electron chi connectivity index (χ1n) is 13.6. The second kappa shape index (κ2) is 11.8. The molecule has 1 atom stereocenters. The summed E-state index contributed by atoms with van der Waals surface area (Å²) in [4.78, 5) is 34.8. The van der Waals surface area contributed by atoms with Gasteiger partial charge in [-0.25, -0.2) is 9.18 Å². The van der Waals surface area contributed by atoms with Crippen LogP contribution >= 0.6 is 0 Å². The number of anilines is 2. The Balaban J connectivity index is 1.48. The predicted octanol–water partition coefficient (Wildman–Crippen LogP) is 5.63. The number of alkyl halides is 2. The van der Waals surface area contributed by atoms with Gasteiger partial charge in [0.25, 0.3) is 5.91 Å². The zero-order valence-electron chi connectivity index (χ0n) is 23.4. The molecule has 0 bridgehead atoms. The van der Waals surface area contributed by atoms with Crippen molar-refractivity contribution in [3.05, 3.63) is 53.7 Å². The number of para-hydroxylation sites is 1. The minimum Gasteiger partial charge on any atom is -0.489 e. The molecule has 13 heteroatoms. The van der Waals surface area contributed by atoms with Gasteiger partial charge in [-0.15, -0.1) is 0 Å². The summed E-state index contributed by atoms with van der Waals surface area (Å²) < 4.78 is 57.0. The van der Waals surface area contributed by atoms with Gasteiger partial charge >= 0.3 is 12.7 Å². The first kappa shape index (κ1) is 29.1. The number of nitrogens with zero attached hydrogens (tertiary/aromatic N) is 2. The number of aromatic amines is 1. The van der Waals surface area contributed by atoms with Gasteiger partial charge < -0.3 is 34.7 Å². The van der Waals surface area contributed by atoms with Crippen LogP contribution in [0.25, 0.3) is 11.3 Å². The molecule has 0 aliphatic carbocycles. The lowest BCUT2D eigenvalue weighted by molar-refractivity contribution is -0.0516. The number of benzene rings is 1. The average molecular weight is 588 g/mol. The number of aromatic nitrogens is 2. The lowest BCUT2D eigenvalue weighted by Crippen LogP contribution is -2.42. The molecule has 5 rings (SSSR count). The number of fused-ring (bicyclic) bond motifs is 1. The summed E-state index contributed by atoms with van der Waals surface area (Å²) in [5.41, 5.74) is 1.32. The molecular weight excluding hydrogens is 555 g/mol. The van der Waals surface area contributed by atoms with Gasteiger partial charge in [-0.2, -0.15) is 8.78 Å². The van der Waals surface area contributed by atoms with Gasteiger partial charge in [0.1, 0.15) is 18.0 Å². The molecule has 0 unspecified atom stereocenters. The third kappa shape index (κ3) is 6.24. The molecule has 2 amide bonds. The summed E-state index contributed by atoms with van der Waals surface area (Å²) in [6, 6.07) is 5.17. The van der Waals surface area contributed by atoms with E-state index in [2.05, 4.69) is 25.3 Å². The van der Waals surface area contributed by atoms with Gasteiger partial charge in [-0.05, 0) is 51.8 Å². The molecule has 3 N–H and O–H groups in total. The number of halogens is 3. The molecule has 1 fully saturated rings. The van der Waals surface area contributed by atoms with E-state index in [1.807, 2.05) is 20.8 Å². The van der Waals surface area contributed by atoms with Crippen molar-refractivity contribution in [2.45, 2.75) is 58.3 Å². The molecule has 2 aromatic heterocycles. The number of likely N-dealkylation sites (tertiary alicyclic amines) is 1. The summed E-state index contributed by atoms with van der Waals surface area (Å²) in [5, 5.41) is 5.74. The summed E-state index contributed by atoms with van der Waals surface area (Å²) in [7, 11) is 0. The zero-order valence-corrected chi connectivity index (χ0v) is 23.4. The maximum Gasteiger partial charge on any atom is 0.410 e. The smallest absolute Gasteiger partial charge is 0.410 e. The fourth-order valence-electron chi connectivity index (χ4n) is 5.11. The van der Waals surface area contributed by atoms with Gasteiger partial charge in [0.15, 0.2) is 11.6 Å². The molecule has 0 radical (unpaired) electrons. The Morgan fingerprint density at radius 1 is 1.26 bits per heavy atom. The molecule has 1 aromatic carbocycles. The second-order valence-electron chi connectivity index (χ2n) is 11.0. The fraction of sp³-hybridized carbons (Fsp3) is 0.414. The Labute approximate surface area is 240 Å². The van der Waals surface area contributed by atoms with Crippen LogP contribution in [0.5, 0.6) is 11.5 Å². The van der Waals surface area contributed by atoms with Crippen molar-refractivity contribution < 1.29 is 37.0 Å². The van der Waals surface area contributed by atoms with Crippen LogP contribution in [0.1, 0.15) is 49.7 Å². The fourth-order valence-corrected chi connectivity index (χ4v) is 5.11. The number of pyridine rings is 1. The topological polar surface area (TPSA) is 118 Å². The number of hydrogen-bond donors (Lipinski definition) is 3. The van der Waals surface area contributed by atoms with Crippen molar-refractivity contribution in [1.82, 2.24) is 20.2 Å². The maximum absolute atomic E-state index is 14.5. The van der Waals surface area contributed by atoms with Gasteiger partial charge in [0.05, 0.1) is 34.9 Å². The summed E-state index contributed by atoms with van der Waals surface area (Å²) in [6.45, 7) is 3.27. The van der Waals surface area contributed by atoms with Crippen molar-refractivity contribution >= 4 is 23.4 Å².